The van der Waals surface area contributed by atoms with Crippen molar-refractivity contribution in [2.75, 3.05) is 0 Å². The molecule has 0 aliphatic rings. The van der Waals surface area contributed by atoms with Crippen LogP contribution in [0.4, 0.5) is 4.39 Å². The highest BCUT2D eigenvalue weighted by molar-refractivity contribution is 9.09. The Bertz CT molecular complexity index is 637. The van der Waals surface area contributed by atoms with Gasteiger partial charge in [0.2, 0.25) is 0 Å². The minimum absolute atomic E-state index is 0.0785. The molecule has 3 heteroatoms. The molecular weight excluding hydrogens is 339 g/mol. The maximum absolute atomic E-state index is 13.5. The smallest absolute Gasteiger partial charge is 0.127 e. The average Bonchev–Trinajstić information content (AvgIpc) is 2.38. The van der Waals surface area contributed by atoms with Gasteiger partial charge in [-0.05, 0) is 55.5 Å². The molecule has 106 valence electrons. The fourth-order valence-electron chi connectivity index (χ4n) is 2.24. The lowest BCUT2D eigenvalue weighted by Crippen LogP contribution is -2.00. The van der Waals surface area contributed by atoms with Crippen LogP contribution >= 0.6 is 27.5 Å². The molecule has 0 fully saturated rings. The summed E-state index contributed by atoms with van der Waals surface area (Å²) in [6.07, 6.45) is 0.832. The van der Waals surface area contributed by atoms with Crippen LogP contribution < -0.4 is 0 Å². The van der Waals surface area contributed by atoms with E-state index in [-0.39, 0.29) is 10.6 Å². The number of alkyl halides is 1. The second-order valence-corrected chi connectivity index (χ2v) is 6.74. The molecule has 0 aliphatic carbocycles. The van der Waals surface area contributed by atoms with Crippen molar-refractivity contribution in [1.29, 1.82) is 0 Å². The summed E-state index contributed by atoms with van der Waals surface area (Å²) in [5.74, 6) is -0.259. The zero-order valence-electron chi connectivity index (χ0n) is 11.8. The van der Waals surface area contributed by atoms with Crippen LogP contribution in [0.25, 0.3) is 0 Å². The van der Waals surface area contributed by atoms with Crippen molar-refractivity contribution in [3.05, 3.63) is 69.0 Å². The van der Waals surface area contributed by atoms with Gasteiger partial charge in [-0.15, -0.1) is 0 Å². The largest absolute Gasteiger partial charge is 0.207 e. The highest BCUT2D eigenvalue weighted by Crippen LogP contribution is 2.34. The molecule has 0 heterocycles. The molecule has 0 radical (unpaired) electrons. The first-order valence-corrected chi connectivity index (χ1v) is 7.83. The Morgan fingerprint density at radius 3 is 2.50 bits per heavy atom. The lowest BCUT2D eigenvalue weighted by molar-refractivity contribution is 0.617. The number of rotatable bonds is 3. The molecule has 0 aliphatic heterocycles. The monoisotopic (exact) mass is 354 g/mol. The van der Waals surface area contributed by atoms with Crippen LogP contribution in [0.15, 0.2) is 30.3 Å². The minimum atomic E-state index is -0.259. The van der Waals surface area contributed by atoms with Gasteiger partial charge in [0.15, 0.2) is 0 Å². The molecule has 0 aromatic heterocycles. The van der Waals surface area contributed by atoms with Crippen molar-refractivity contribution in [2.24, 2.45) is 0 Å². The van der Waals surface area contributed by atoms with E-state index in [1.54, 1.807) is 6.92 Å². The van der Waals surface area contributed by atoms with E-state index in [4.69, 9.17) is 11.6 Å². The van der Waals surface area contributed by atoms with E-state index in [1.807, 2.05) is 6.07 Å². The van der Waals surface area contributed by atoms with E-state index >= 15 is 0 Å². The Morgan fingerprint density at radius 2 is 1.80 bits per heavy atom. The molecular formula is C17H17BrClF. The SMILES string of the molecule is Cc1ccc(C)c(CC(Br)c2cc(C)c(F)cc2Cl)c1. The predicted octanol–water partition coefficient (Wildman–Crippen LogP) is 6.08. The van der Waals surface area contributed by atoms with Crippen molar-refractivity contribution in [3.8, 4) is 0 Å². The highest BCUT2D eigenvalue weighted by atomic mass is 79.9. The lowest BCUT2D eigenvalue weighted by Gasteiger charge is -2.15. The van der Waals surface area contributed by atoms with Gasteiger partial charge in [0, 0.05) is 9.85 Å². The molecule has 1 unspecified atom stereocenters. The molecule has 2 aromatic carbocycles. The van der Waals surface area contributed by atoms with Crippen LogP contribution in [0, 0.1) is 26.6 Å². The van der Waals surface area contributed by atoms with Gasteiger partial charge in [0.05, 0.1) is 0 Å². The summed E-state index contributed by atoms with van der Waals surface area (Å²) in [4.78, 5) is 0.0785. The summed E-state index contributed by atoms with van der Waals surface area (Å²) < 4.78 is 13.5. The maximum Gasteiger partial charge on any atom is 0.127 e. The van der Waals surface area contributed by atoms with Crippen LogP contribution in [0.3, 0.4) is 0 Å². The van der Waals surface area contributed by atoms with E-state index in [9.17, 15) is 4.39 Å². The topological polar surface area (TPSA) is 0 Å². The van der Waals surface area contributed by atoms with Crippen LogP contribution in [-0.2, 0) is 6.42 Å². The maximum atomic E-state index is 13.5. The van der Waals surface area contributed by atoms with Gasteiger partial charge < -0.3 is 0 Å². The van der Waals surface area contributed by atoms with Crippen molar-refractivity contribution >= 4 is 27.5 Å². The molecule has 2 aromatic rings. The van der Waals surface area contributed by atoms with Crippen LogP contribution in [0.5, 0.6) is 0 Å². The van der Waals surface area contributed by atoms with Crippen LogP contribution in [0.1, 0.15) is 32.6 Å². The molecule has 2 rings (SSSR count). The first kappa shape index (κ1) is 15.5. The Morgan fingerprint density at radius 1 is 1.10 bits per heavy atom. The summed E-state index contributed by atoms with van der Waals surface area (Å²) in [7, 11) is 0. The second kappa shape index (κ2) is 6.28. The van der Waals surface area contributed by atoms with E-state index < -0.39 is 0 Å². The van der Waals surface area contributed by atoms with Gasteiger partial charge >= 0.3 is 0 Å². The second-order valence-electron chi connectivity index (χ2n) is 5.22. The third-order valence-electron chi connectivity index (χ3n) is 3.52. The zero-order valence-corrected chi connectivity index (χ0v) is 14.1. The first-order chi connectivity index (χ1) is 9.38. The van der Waals surface area contributed by atoms with Gasteiger partial charge in [-0.25, -0.2) is 4.39 Å². The molecule has 1 atom stereocenters. The third kappa shape index (κ3) is 3.42. The Hall–Kier alpha value is -0.860. The van der Waals surface area contributed by atoms with Crippen LogP contribution in [-0.4, -0.2) is 0 Å². The number of benzene rings is 2. The zero-order chi connectivity index (χ0) is 14.9. The molecule has 20 heavy (non-hydrogen) atoms. The first-order valence-electron chi connectivity index (χ1n) is 6.54. The average molecular weight is 356 g/mol. The molecule has 0 saturated heterocycles. The summed E-state index contributed by atoms with van der Waals surface area (Å²) in [6.45, 7) is 5.94. The van der Waals surface area contributed by atoms with Gasteiger partial charge in [0.1, 0.15) is 5.82 Å². The Labute approximate surface area is 133 Å². The van der Waals surface area contributed by atoms with Crippen LogP contribution in [0.2, 0.25) is 5.02 Å². The van der Waals surface area contributed by atoms with E-state index in [2.05, 4.69) is 48.0 Å². The van der Waals surface area contributed by atoms with Gasteiger partial charge in [-0.3, -0.25) is 0 Å². The summed E-state index contributed by atoms with van der Waals surface area (Å²) in [5, 5.41) is 0.472. The molecule has 0 spiro atoms. The van der Waals surface area contributed by atoms with Gasteiger partial charge in [0.25, 0.3) is 0 Å². The normalized spacial score (nSPS) is 12.5. The van der Waals surface area contributed by atoms with E-state index in [1.165, 1.54) is 22.8 Å². The quantitative estimate of drug-likeness (QED) is 0.585. The van der Waals surface area contributed by atoms with Gasteiger partial charge in [-0.1, -0.05) is 57.4 Å². The standard InChI is InChI=1S/C17H17BrClF/c1-10-4-5-11(2)13(6-10)8-15(18)14-7-12(3)17(20)9-16(14)19/h4-7,9,15H,8H2,1-3H3. The highest BCUT2D eigenvalue weighted by Gasteiger charge is 2.15. The fourth-order valence-corrected chi connectivity index (χ4v) is 3.38. The number of hydrogen-bond donors (Lipinski definition) is 0. The van der Waals surface area contributed by atoms with Crippen molar-refractivity contribution in [2.45, 2.75) is 32.0 Å². The predicted molar refractivity (Wildman–Crippen MR) is 87.4 cm³/mol. The molecule has 0 amide bonds. The molecule has 0 bridgehead atoms. The molecule has 0 saturated carbocycles. The lowest BCUT2D eigenvalue weighted by atomic mass is 9.98. The van der Waals surface area contributed by atoms with Gasteiger partial charge in [-0.2, -0.15) is 0 Å². The minimum Gasteiger partial charge on any atom is -0.207 e. The number of aryl methyl sites for hydroxylation is 3. The van der Waals surface area contributed by atoms with Crippen molar-refractivity contribution < 1.29 is 4.39 Å². The summed E-state index contributed by atoms with van der Waals surface area (Å²) >= 11 is 9.85. The van der Waals surface area contributed by atoms with E-state index in [0.29, 0.717) is 10.6 Å². The Kier molecular flexibility index (Phi) is 4.87. The number of halogens is 3. The fraction of sp³-hybridized carbons (Fsp3) is 0.294. The van der Waals surface area contributed by atoms with Crippen molar-refractivity contribution in [3.63, 3.8) is 0 Å². The summed E-state index contributed by atoms with van der Waals surface area (Å²) in [5.41, 5.74) is 5.34. The molecule has 0 nitrogen and oxygen atoms in total. The Balaban J connectivity index is 2.30. The number of hydrogen-bond acceptors (Lipinski definition) is 0. The van der Waals surface area contributed by atoms with E-state index in [0.717, 1.165) is 12.0 Å². The third-order valence-corrected chi connectivity index (χ3v) is 4.66. The molecule has 0 N–H and O–H groups in total. The summed E-state index contributed by atoms with van der Waals surface area (Å²) in [6, 6.07) is 9.64. The van der Waals surface area contributed by atoms with Crippen molar-refractivity contribution in [1.82, 2.24) is 0 Å².